The van der Waals surface area contributed by atoms with Gasteiger partial charge in [-0.25, -0.2) is 4.98 Å². The summed E-state index contributed by atoms with van der Waals surface area (Å²) in [6.45, 7) is 7.22. The molecule has 0 aliphatic carbocycles. The molecule has 24 heavy (non-hydrogen) atoms. The summed E-state index contributed by atoms with van der Waals surface area (Å²) in [5.74, 6) is 0.910. The highest BCUT2D eigenvalue weighted by atomic mass is 35.5. The van der Waals surface area contributed by atoms with E-state index in [4.69, 9.17) is 10.5 Å². The third-order valence-corrected chi connectivity index (χ3v) is 3.14. The molecule has 1 aromatic heterocycles. The monoisotopic (exact) mass is 371 g/mol. The van der Waals surface area contributed by atoms with Gasteiger partial charge in [-0.2, -0.15) is 0 Å². The summed E-state index contributed by atoms with van der Waals surface area (Å²) in [4.78, 5) is 16.1. The number of hydrogen-bond donors (Lipinski definition) is 2. The van der Waals surface area contributed by atoms with Crippen molar-refractivity contribution < 1.29 is 9.53 Å². The highest BCUT2D eigenvalue weighted by molar-refractivity contribution is 5.97. The van der Waals surface area contributed by atoms with Gasteiger partial charge in [-0.3, -0.25) is 4.79 Å². The minimum absolute atomic E-state index is 0. The molecule has 5 nitrogen and oxygen atoms in total. The third kappa shape index (κ3) is 6.00. The van der Waals surface area contributed by atoms with Gasteiger partial charge < -0.3 is 15.8 Å². The van der Waals surface area contributed by atoms with E-state index in [2.05, 4.69) is 10.3 Å². The first kappa shape index (κ1) is 22.2. The van der Waals surface area contributed by atoms with Crippen molar-refractivity contribution in [1.29, 1.82) is 0 Å². The molecule has 1 aromatic carbocycles. The smallest absolute Gasteiger partial charge is 0.243 e. The Balaban J connectivity index is 0.00000264. The molecule has 1 heterocycles. The number of halogens is 2. The molecular weight excluding hydrogens is 349 g/mol. The van der Waals surface area contributed by atoms with Crippen molar-refractivity contribution in [2.75, 3.05) is 5.32 Å². The van der Waals surface area contributed by atoms with Crippen molar-refractivity contribution >= 4 is 36.4 Å². The van der Waals surface area contributed by atoms with Gasteiger partial charge >= 0.3 is 0 Å². The number of nitrogens with zero attached hydrogens (tertiary/aromatic N) is 1. The van der Waals surface area contributed by atoms with Crippen LogP contribution in [-0.2, 0) is 4.79 Å². The summed E-state index contributed by atoms with van der Waals surface area (Å²) in [6.07, 6.45) is 1.70. The highest BCUT2D eigenvalue weighted by Gasteiger charge is 2.22. The second-order valence-electron chi connectivity index (χ2n) is 5.93. The van der Waals surface area contributed by atoms with Crippen LogP contribution >= 0.6 is 24.8 Å². The number of ether oxygens (including phenoxy) is 1. The first-order valence-electron chi connectivity index (χ1n) is 7.07. The molecule has 0 atom stereocenters. The van der Waals surface area contributed by atoms with Crippen LogP contribution in [0.4, 0.5) is 5.69 Å². The molecule has 1 amide bonds. The van der Waals surface area contributed by atoms with Crippen molar-refractivity contribution in [2.45, 2.75) is 33.2 Å². The molecule has 0 spiro atoms. The number of carbonyl (C=O) groups excluding carboxylic acids is 1. The van der Waals surface area contributed by atoms with Gasteiger partial charge in [-0.05, 0) is 51.0 Å². The van der Waals surface area contributed by atoms with E-state index in [0.29, 0.717) is 17.3 Å². The first-order chi connectivity index (χ1) is 10.3. The molecule has 0 aliphatic heterocycles. The van der Waals surface area contributed by atoms with Gasteiger partial charge in [0, 0.05) is 24.0 Å². The number of anilines is 1. The van der Waals surface area contributed by atoms with Crippen molar-refractivity contribution in [3.8, 4) is 11.6 Å². The summed E-state index contributed by atoms with van der Waals surface area (Å²) >= 11 is 0. The van der Waals surface area contributed by atoms with E-state index in [1.54, 1.807) is 26.1 Å². The van der Waals surface area contributed by atoms with Crippen LogP contribution in [-0.4, -0.2) is 16.4 Å². The van der Waals surface area contributed by atoms with Gasteiger partial charge in [0.05, 0.1) is 5.54 Å². The lowest BCUT2D eigenvalue weighted by Gasteiger charge is -2.18. The average molecular weight is 372 g/mol. The Morgan fingerprint density at radius 3 is 2.42 bits per heavy atom. The van der Waals surface area contributed by atoms with Crippen LogP contribution in [0.1, 0.15) is 25.0 Å². The molecule has 0 unspecified atom stereocenters. The van der Waals surface area contributed by atoms with Gasteiger partial charge in [0.2, 0.25) is 11.8 Å². The molecular formula is C17H23Cl2N3O2. The Morgan fingerprint density at radius 2 is 1.83 bits per heavy atom. The predicted octanol–water partition coefficient (Wildman–Crippen LogP) is 4.01. The fourth-order valence-corrected chi connectivity index (χ4v) is 1.76. The number of benzene rings is 1. The molecule has 0 bridgehead atoms. The van der Waals surface area contributed by atoms with Gasteiger partial charge in [-0.1, -0.05) is 6.07 Å². The Bertz CT molecular complexity index is 700. The van der Waals surface area contributed by atoms with E-state index < -0.39 is 5.54 Å². The number of aromatic nitrogens is 1. The Kier molecular flexibility index (Phi) is 8.20. The molecule has 0 radical (unpaired) electrons. The van der Waals surface area contributed by atoms with Crippen molar-refractivity contribution in [2.24, 2.45) is 5.73 Å². The zero-order valence-corrected chi connectivity index (χ0v) is 15.8. The second kappa shape index (κ2) is 8.87. The third-order valence-electron chi connectivity index (χ3n) is 3.14. The number of carbonyl (C=O) groups is 1. The van der Waals surface area contributed by atoms with E-state index in [0.717, 1.165) is 11.1 Å². The van der Waals surface area contributed by atoms with Crippen LogP contribution in [0.5, 0.6) is 11.6 Å². The topological polar surface area (TPSA) is 77.2 Å². The first-order valence-corrected chi connectivity index (χ1v) is 7.07. The maximum Gasteiger partial charge on any atom is 0.243 e. The second-order valence-corrected chi connectivity index (χ2v) is 5.93. The average Bonchev–Trinajstić information content (AvgIpc) is 2.41. The molecule has 0 saturated heterocycles. The van der Waals surface area contributed by atoms with Gasteiger partial charge in [0.1, 0.15) is 5.75 Å². The zero-order valence-electron chi connectivity index (χ0n) is 14.1. The van der Waals surface area contributed by atoms with Crippen LogP contribution in [0.2, 0.25) is 0 Å². The summed E-state index contributed by atoms with van der Waals surface area (Å²) in [5.41, 5.74) is 7.50. The van der Waals surface area contributed by atoms with Gasteiger partial charge in [0.15, 0.2) is 0 Å². The summed E-state index contributed by atoms with van der Waals surface area (Å²) in [7, 11) is 0. The molecule has 0 fully saturated rings. The lowest BCUT2D eigenvalue weighted by atomic mass is 10.1. The Morgan fingerprint density at radius 1 is 1.17 bits per heavy atom. The molecule has 0 saturated carbocycles. The van der Waals surface area contributed by atoms with E-state index in [1.165, 1.54) is 0 Å². The zero-order chi connectivity index (χ0) is 16.3. The lowest BCUT2D eigenvalue weighted by Crippen LogP contribution is -2.45. The van der Waals surface area contributed by atoms with Crippen LogP contribution < -0.4 is 15.8 Å². The maximum atomic E-state index is 11.9. The summed E-state index contributed by atoms with van der Waals surface area (Å²) in [5, 5.41) is 2.78. The number of nitrogens with two attached hydrogens (primary N) is 1. The fraction of sp³-hybridized carbons (Fsp3) is 0.294. The summed E-state index contributed by atoms with van der Waals surface area (Å²) in [6, 6.07) is 9.22. The number of aryl methyl sites for hydroxylation is 2. The van der Waals surface area contributed by atoms with Crippen LogP contribution in [0.15, 0.2) is 36.5 Å². The Labute approximate surface area is 154 Å². The minimum atomic E-state index is -0.940. The van der Waals surface area contributed by atoms with Gasteiger partial charge in [0.25, 0.3) is 0 Å². The number of hydrogen-bond acceptors (Lipinski definition) is 4. The predicted molar refractivity (Wildman–Crippen MR) is 102 cm³/mol. The number of rotatable bonds is 4. The number of nitrogens with one attached hydrogen (secondary N) is 1. The molecule has 7 heteroatoms. The van der Waals surface area contributed by atoms with Crippen LogP contribution in [0.3, 0.4) is 0 Å². The SMILES string of the molecule is Cc1ccnc(Oc2cc(NC(=O)C(C)(C)N)ccc2C)c1.Cl.Cl. The van der Waals surface area contributed by atoms with Crippen LogP contribution in [0, 0.1) is 13.8 Å². The van der Waals surface area contributed by atoms with E-state index in [-0.39, 0.29) is 30.7 Å². The largest absolute Gasteiger partial charge is 0.439 e. The highest BCUT2D eigenvalue weighted by Crippen LogP contribution is 2.27. The van der Waals surface area contributed by atoms with Crippen molar-refractivity contribution in [3.05, 3.63) is 47.7 Å². The van der Waals surface area contributed by atoms with Crippen molar-refractivity contribution in [3.63, 3.8) is 0 Å². The van der Waals surface area contributed by atoms with Crippen molar-refractivity contribution in [1.82, 2.24) is 4.98 Å². The Hall–Kier alpha value is -1.82. The maximum absolute atomic E-state index is 11.9. The van der Waals surface area contributed by atoms with E-state index in [1.807, 2.05) is 38.1 Å². The quantitative estimate of drug-likeness (QED) is 0.850. The van der Waals surface area contributed by atoms with E-state index >= 15 is 0 Å². The van der Waals surface area contributed by atoms with E-state index in [9.17, 15) is 4.79 Å². The fourth-order valence-electron chi connectivity index (χ4n) is 1.76. The molecule has 2 rings (SSSR count). The normalized spacial score (nSPS) is 10.2. The molecule has 132 valence electrons. The lowest BCUT2D eigenvalue weighted by molar-refractivity contribution is -0.120. The van der Waals surface area contributed by atoms with Gasteiger partial charge in [-0.15, -0.1) is 24.8 Å². The number of amides is 1. The minimum Gasteiger partial charge on any atom is -0.439 e. The molecule has 2 aromatic rings. The summed E-state index contributed by atoms with van der Waals surface area (Å²) < 4.78 is 5.80. The van der Waals surface area contributed by atoms with Crippen LogP contribution in [0.25, 0.3) is 0 Å². The number of pyridine rings is 1. The standard InChI is InChI=1S/C17H21N3O2.2ClH/c1-11-7-8-19-15(9-11)22-14-10-13(6-5-12(14)2)20-16(21)17(3,4)18;;/h5-10H,18H2,1-4H3,(H,20,21);2*1H. The molecule has 0 aliphatic rings. The molecule has 3 N–H and O–H groups in total.